The van der Waals surface area contributed by atoms with Crippen LogP contribution in [0.15, 0.2) is 51.7 Å². The van der Waals surface area contributed by atoms with Crippen LogP contribution >= 0.6 is 15.9 Å². The molecular formula is C21H15BrN2O8. The highest BCUT2D eigenvalue weighted by Crippen LogP contribution is 2.41. The Bertz CT molecular complexity index is 1300. The summed E-state index contributed by atoms with van der Waals surface area (Å²) in [5, 5.41) is 19.2. The number of aromatic nitrogens is 1. The van der Waals surface area contributed by atoms with Gasteiger partial charge in [0.2, 0.25) is 0 Å². The summed E-state index contributed by atoms with van der Waals surface area (Å²) in [4.78, 5) is 50.3. The number of carboxylic acids is 2. The molecule has 0 saturated heterocycles. The molecule has 164 valence electrons. The number of hydrogen-bond acceptors (Lipinski definition) is 7. The quantitative estimate of drug-likeness (QED) is 0.292. The summed E-state index contributed by atoms with van der Waals surface area (Å²) >= 11 is 3.22. The number of anilines is 1. The molecule has 2 aromatic carbocycles. The number of methoxy groups -OCH3 is 1. The van der Waals surface area contributed by atoms with Crippen molar-refractivity contribution in [2.45, 2.75) is 0 Å². The summed E-state index contributed by atoms with van der Waals surface area (Å²) in [6.07, 6.45) is 0. The predicted octanol–water partition coefficient (Wildman–Crippen LogP) is 3.01. The zero-order valence-electron chi connectivity index (χ0n) is 16.3. The van der Waals surface area contributed by atoms with Gasteiger partial charge in [-0.05, 0) is 24.3 Å². The van der Waals surface area contributed by atoms with Crippen LogP contribution in [0, 0.1) is 0 Å². The number of pyridine rings is 1. The number of nitrogens with two attached hydrogens (primary N) is 1. The van der Waals surface area contributed by atoms with Gasteiger partial charge < -0.3 is 30.4 Å². The zero-order valence-corrected chi connectivity index (χ0v) is 17.9. The maximum Gasteiger partial charge on any atom is 0.343 e. The highest BCUT2D eigenvalue weighted by atomic mass is 79.9. The normalized spacial score (nSPS) is 10.4. The van der Waals surface area contributed by atoms with Gasteiger partial charge in [-0.3, -0.25) is 4.79 Å². The Hall–Kier alpha value is -4.12. The fourth-order valence-electron chi connectivity index (χ4n) is 3.02. The number of benzene rings is 2. The first-order valence-corrected chi connectivity index (χ1v) is 9.62. The van der Waals surface area contributed by atoms with Crippen LogP contribution in [-0.2, 0) is 0 Å². The minimum absolute atomic E-state index is 0.0148. The largest absolute Gasteiger partial charge is 0.493 e. The molecular weight excluding hydrogens is 488 g/mol. The van der Waals surface area contributed by atoms with Gasteiger partial charge in [-0.15, -0.1) is 0 Å². The molecule has 0 radical (unpaired) electrons. The van der Waals surface area contributed by atoms with Gasteiger partial charge in [0, 0.05) is 15.6 Å². The Morgan fingerprint density at radius 3 is 2.19 bits per heavy atom. The Balaban J connectivity index is 2.23. The molecule has 0 bridgehead atoms. The Labute approximate surface area is 188 Å². The van der Waals surface area contributed by atoms with Gasteiger partial charge in [0.1, 0.15) is 16.9 Å². The highest BCUT2D eigenvalue weighted by molar-refractivity contribution is 9.10. The van der Waals surface area contributed by atoms with E-state index in [0.29, 0.717) is 0 Å². The molecule has 1 heterocycles. The molecule has 0 unspecified atom stereocenters. The van der Waals surface area contributed by atoms with E-state index in [4.69, 9.17) is 15.2 Å². The third-order valence-electron chi connectivity index (χ3n) is 4.41. The number of nitrogens with one attached hydrogen (secondary N) is 1. The van der Waals surface area contributed by atoms with Gasteiger partial charge in [0.15, 0.2) is 11.5 Å². The van der Waals surface area contributed by atoms with Crippen LogP contribution in [0.4, 0.5) is 5.82 Å². The lowest BCUT2D eigenvalue weighted by Gasteiger charge is -2.16. The first-order chi connectivity index (χ1) is 15.1. The number of aromatic amines is 1. The van der Waals surface area contributed by atoms with Crippen molar-refractivity contribution in [2.24, 2.45) is 0 Å². The van der Waals surface area contributed by atoms with Crippen molar-refractivity contribution in [1.82, 2.24) is 4.98 Å². The maximum atomic E-state index is 12.4. The van der Waals surface area contributed by atoms with E-state index in [0.717, 1.165) is 0 Å². The van der Waals surface area contributed by atoms with Crippen molar-refractivity contribution in [3.63, 3.8) is 0 Å². The molecule has 0 fully saturated rings. The molecule has 10 nitrogen and oxygen atoms in total. The van der Waals surface area contributed by atoms with Crippen LogP contribution in [0.25, 0.3) is 11.1 Å². The fourth-order valence-corrected chi connectivity index (χ4v) is 3.54. The molecule has 32 heavy (non-hydrogen) atoms. The number of nitrogen functional groups attached to an aromatic ring is 1. The zero-order chi connectivity index (χ0) is 23.6. The average Bonchev–Trinajstić information content (AvgIpc) is 2.73. The van der Waals surface area contributed by atoms with Gasteiger partial charge in [-0.25, -0.2) is 14.4 Å². The second kappa shape index (κ2) is 8.94. The highest BCUT2D eigenvalue weighted by Gasteiger charge is 2.29. The van der Waals surface area contributed by atoms with Crippen LogP contribution in [0.2, 0.25) is 0 Å². The third kappa shape index (κ3) is 4.18. The van der Waals surface area contributed by atoms with Gasteiger partial charge in [0.05, 0.1) is 12.7 Å². The predicted molar refractivity (Wildman–Crippen MR) is 116 cm³/mol. The van der Waals surface area contributed by atoms with E-state index in [-0.39, 0.29) is 27.1 Å². The Kier molecular flexibility index (Phi) is 6.30. The van der Waals surface area contributed by atoms with E-state index in [1.54, 1.807) is 30.3 Å². The Morgan fingerprint density at radius 1 is 1.00 bits per heavy atom. The van der Waals surface area contributed by atoms with Gasteiger partial charge in [0.25, 0.3) is 5.56 Å². The summed E-state index contributed by atoms with van der Waals surface area (Å²) in [5.74, 6) is -4.45. The van der Waals surface area contributed by atoms with Crippen LogP contribution in [0.3, 0.4) is 0 Å². The van der Waals surface area contributed by atoms with E-state index in [2.05, 4.69) is 15.9 Å². The molecule has 0 aliphatic carbocycles. The van der Waals surface area contributed by atoms with E-state index >= 15 is 0 Å². The standard InChI is InChI=1S/C21H15BrN2O8/c1-31-12-7-10(11(22)8-13(12)32-21(30)9-5-3-2-4-6-9)14-15(19(26)27)17(23)24-18(25)16(14)20(28)29/h2-8H,1H3,(H,26,27)(H,28,29)(H3,23,24,25). The number of carboxylic acid groups (broad SMARTS) is 2. The minimum Gasteiger partial charge on any atom is -0.493 e. The van der Waals surface area contributed by atoms with Crippen LogP contribution < -0.4 is 20.8 Å². The van der Waals surface area contributed by atoms with E-state index in [1.807, 2.05) is 4.98 Å². The monoisotopic (exact) mass is 502 g/mol. The fraction of sp³-hybridized carbons (Fsp3) is 0.0476. The molecule has 0 amide bonds. The van der Waals surface area contributed by atoms with Crippen molar-refractivity contribution in [3.8, 4) is 22.6 Å². The molecule has 5 N–H and O–H groups in total. The van der Waals surface area contributed by atoms with Crippen LogP contribution in [0.5, 0.6) is 11.5 Å². The second-order valence-electron chi connectivity index (χ2n) is 6.34. The smallest absolute Gasteiger partial charge is 0.343 e. The average molecular weight is 503 g/mol. The Morgan fingerprint density at radius 2 is 1.62 bits per heavy atom. The minimum atomic E-state index is -1.66. The van der Waals surface area contributed by atoms with Crippen LogP contribution in [-0.4, -0.2) is 40.2 Å². The molecule has 11 heteroatoms. The van der Waals surface area contributed by atoms with Crippen molar-refractivity contribution >= 4 is 39.7 Å². The third-order valence-corrected chi connectivity index (χ3v) is 5.06. The number of carbonyl (C=O) groups excluding carboxylic acids is 1. The van der Waals surface area contributed by atoms with E-state index in [9.17, 15) is 29.4 Å². The first kappa shape index (κ1) is 22.6. The topological polar surface area (TPSA) is 169 Å². The van der Waals surface area contributed by atoms with Crippen LogP contribution in [0.1, 0.15) is 31.1 Å². The lowest BCUT2D eigenvalue weighted by atomic mass is 9.95. The number of esters is 1. The number of aromatic carboxylic acids is 2. The summed E-state index contributed by atoms with van der Waals surface area (Å²) in [6, 6.07) is 10.7. The van der Waals surface area contributed by atoms with Crippen molar-refractivity contribution in [1.29, 1.82) is 0 Å². The second-order valence-corrected chi connectivity index (χ2v) is 7.20. The number of carbonyl (C=O) groups is 3. The number of hydrogen-bond donors (Lipinski definition) is 4. The van der Waals surface area contributed by atoms with Crippen molar-refractivity contribution in [3.05, 3.63) is 74.0 Å². The van der Waals surface area contributed by atoms with Gasteiger partial charge >= 0.3 is 17.9 Å². The summed E-state index contributed by atoms with van der Waals surface area (Å²) in [6.45, 7) is 0. The number of rotatable bonds is 6. The lowest BCUT2D eigenvalue weighted by Crippen LogP contribution is -2.24. The molecule has 3 aromatic rings. The summed E-state index contributed by atoms with van der Waals surface area (Å²) < 4.78 is 10.8. The maximum absolute atomic E-state index is 12.4. The number of H-pyrrole nitrogens is 1. The van der Waals surface area contributed by atoms with Gasteiger partial charge in [-0.2, -0.15) is 0 Å². The van der Waals surface area contributed by atoms with E-state index in [1.165, 1.54) is 19.2 Å². The number of halogens is 1. The van der Waals surface area contributed by atoms with E-state index < -0.39 is 46.0 Å². The molecule has 0 saturated carbocycles. The lowest BCUT2D eigenvalue weighted by molar-refractivity contribution is 0.0693. The SMILES string of the molecule is COc1cc(-c2c(C(=O)O)c(N)[nH]c(=O)c2C(=O)O)c(Br)cc1OC(=O)c1ccccc1. The molecule has 0 aliphatic rings. The van der Waals surface area contributed by atoms with Crippen molar-refractivity contribution in [2.75, 3.05) is 12.8 Å². The molecule has 0 atom stereocenters. The first-order valence-electron chi connectivity index (χ1n) is 8.83. The summed E-state index contributed by atoms with van der Waals surface area (Å²) in [7, 11) is 1.27. The number of ether oxygens (including phenoxy) is 2. The molecule has 1 aromatic heterocycles. The van der Waals surface area contributed by atoms with Gasteiger partial charge in [-0.1, -0.05) is 34.1 Å². The molecule has 3 rings (SSSR count). The molecule has 0 spiro atoms. The van der Waals surface area contributed by atoms with Crippen molar-refractivity contribution < 1.29 is 34.1 Å². The summed E-state index contributed by atoms with van der Waals surface area (Å²) in [5.41, 5.74) is 2.97. The molecule has 0 aliphatic heterocycles.